The number of carbonyl (C=O) groups excluding carboxylic acids is 1. The molecule has 1 heterocycles. The standard InChI is InChI=1S/C11H11FOS/c1-7-5-8(12)6-9-10(13)3-2-4-14-11(7)9/h5-6H,2-4H2,1H3. The zero-order valence-electron chi connectivity index (χ0n) is 7.97. The van der Waals surface area contributed by atoms with Gasteiger partial charge in [-0.25, -0.2) is 4.39 Å². The molecular formula is C11H11FOS. The van der Waals surface area contributed by atoms with Gasteiger partial charge in [0.15, 0.2) is 5.78 Å². The molecule has 1 aliphatic rings. The topological polar surface area (TPSA) is 17.1 Å². The Kier molecular flexibility index (Phi) is 2.59. The van der Waals surface area contributed by atoms with Crippen molar-refractivity contribution < 1.29 is 9.18 Å². The molecule has 0 bridgehead atoms. The number of ketones is 1. The molecule has 0 spiro atoms. The Morgan fingerprint density at radius 1 is 1.43 bits per heavy atom. The van der Waals surface area contributed by atoms with Gasteiger partial charge in [-0.1, -0.05) is 0 Å². The minimum atomic E-state index is -0.308. The van der Waals surface area contributed by atoms with E-state index in [1.165, 1.54) is 12.1 Å². The first-order valence-corrected chi connectivity index (χ1v) is 5.63. The third kappa shape index (κ3) is 1.69. The number of rotatable bonds is 0. The van der Waals surface area contributed by atoms with Crippen LogP contribution in [-0.2, 0) is 0 Å². The minimum absolute atomic E-state index is 0.0765. The van der Waals surface area contributed by atoms with Crippen LogP contribution in [0.5, 0.6) is 0 Å². The van der Waals surface area contributed by atoms with Crippen LogP contribution < -0.4 is 0 Å². The van der Waals surface area contributed by atoms with Crippen LogP contribution in [0.2, 0.25) is 0 Å². The molecule has 0 aromatic heterocycles. The van der Waals surface area contributed by atoms with Crippen molar-refractivity contribution in [1.29, 1.82) is 0 Å². The maximum Gasteiger partial charge on any atom is 0.164 e. The predicted molar refractivity (Wildman–Crippen MR) is 55.4 cm³/mol. The number of benzene rings is 1. The summed E-state index contributed by atoms with van der Waals surface area (Å²) in [6.07, 6.45) is 1.43. The normalized spacial score (nSPS) is 16.3. The van der Waals surface area contributed by atoms with E-state index >= 15 is 0 Å². The van der Waals surface area contributed by atoms with Gasteiger partial charge in [0.25, 0.3) is 0 Å². The molecule has 0 radical (unpaired) electrons. The number of hydrogen-bond donors (Lipinski definition) is 0. The van der Waals surface area contributed by atoms with E-state index in [-0.39, 0.29) is 11.6 Å². The van der Waals surface area contributed by atoms with Crippen molar-refractivity contribution in [3.63, 3.8) is 0 Å². The average molecular weight is 210 g/mol. The van der Waals surface area contributed by atoms with Crippen molar-refractivity contribution in [2.24, 2.45) is 0 Å². The number of fused-ring (bicyclic) bond motifs is 1. The third-order valence-electron chi connectivity index (χ3n) is 2.33. The van der Waals surface area contributed by atoms with Crippen molar-refractivity contribution in [2.45, 2.75) is 24.7 Å². The zero-order valence-corrected chi connectivity index (χ0v) is 8.79. The summed E-state index contributed by atoms with van der Waals surface area (Å²) >= 11 is 1.66. The first-order valence-electron chi connectivity index (χ1n) is 4.64. The van der Waals surface area contributed by atoms with Gasteiger partial charge in [0.2, 0.25) is 0 Å². The predicted octanol–water partition coefficient (Wildman–Crippen LogP) is 3.20. The van der Waals surface area contributed by atoms with E-state index in [0.29, 0.717) is 12.0 Å². The van der Waals surface area contributed by atoms with Crippen molar-refractivity contribution >= 4 is 17.5 Å². The third-order valence-corrected chi connectivity index (χ3v) is 3.66. The summed E-state index contributed by atoms with van der Waals surface area (Å²) in [6, 6.07) is 2.85. The second kappa shape index (κ2) is 3.73. The average Bonchev–Trinajstić information content (AvgIpc) is 2.29. The van der Waals surface area contributed by atoms with Gasteiger partial charge < -0.3 is 0 Å². The van der Waals surface area contributed by atoms with Gasteiger partial charge in [0.1, 0.15) is 5.82 Å². The second-order valence-corrected chi connectivity index (χ2v) is 4.58. The maximum absolute atomic E-state index is 13.1. The molecule has 0 fully saturated rings. The highest BCUT2D eigenvalue weighted by atomic mass is 32.2. The van der Waals surface area contributed by atoms with E-state index in [0.717, 1.165) is 22.6 Å². The molecule has 1 aromatic carbocycles. The molecule has 2 rings (SSSR count). The molecule has 3 heteroatoms. The van der Waals surface area contributed by atoms with Crippen molar-refractivity contribution in [2.75, 3.05) is 5.75 Å². The quantitative estimate of drug-likeness (QED) is 0.654. The molecule has 0 N–H and O–H groups in total. The monoisotopic (exact) mass is 210 g/mol. The highest BCUT2D eigenvalue weighted by molar-refractivity contribution is 7.99. The fraction of sp³-hybridized carbons (Fsp3) is 0.364. The van der Waals surface area contributed by atoms with Crippen LogP contribution in [-0.4, -0.2) is 11.5 Å². The maximum atomic E-state index is 13.1. The Labute approximate surface area is 86.7 Å². The molecule has 0 amide bonds. The molecule has 14 heavy (non-hydrogen) atoms. The zero-order chi connectivity index (χ0) is 10.1. The van der Waals surface area contributed by atoms with E-state index in [1.54, 1.807) is 11.8 Å². The minimum Gasteiger partial charge on any atom is -0.294 e. The van der Waals surface area contributed by atoms with Crippen LogP contribution in [0, 0.1) is 12.7 Å². The van der Waals surface area contributed by atoms with Crippen LogP contribution in [0.25, 0.3) is 0 Å². The number of halogens is 1. The van der Waals surface area contributed by atoms with Gasteiger partial charge in [-0.05, 0) is 36.8 Å². The van der Waals surface area contributed by atoms with E-state index in [2.05, 4.69) is 0 Å². The number of carbonyl (C=O) groups is 1. The summed E-state index contributed by atoms with van der Waals surface area (Å²) in [4.78, 5) is 12.6. The Morgan fingerprint density at radius 2 is 2.21 bits per heavy atom. The molecule has 0 aliphatic carbocycles. The Morgan fingerprint density at radius 3 is 3.00 bits per heavy atom. The lowest BCUT2D eigenvalue weighted by Crippen LogP contribution is -2.00. The lowest BCUT2D eigenvalue weighted by atomic mass is 10.0. The van der Waals surface area contributed by atoms with Gasteiger partial charge in [-0.15, -0.1) is 11.8 Å². The van der Waals surface area contributed by atoms with Gasteiger partial charge >= 0.3 is 0 Å². The number of thioether (sulfide) groups is 1. The van der Waals surface area contributed by atoms with Crippen LogP contribution in [0.1, 0.15) is 28.8 Å². The summed E-state index contributed by atoms with van der Waals surface area (Å²) in [5.41, 5.74) is 1.45. The lowest BCUT2D eigenvalue weighted by molar-refractivity contribution is 0.0979. The summed E-state index contributed by atoms with van der Waals surface area (Å²) in [5, 5.41) is 0. The Hall–Kier alpha value is -0.830. The van der Waals surface area contributed by atoms with Crippen molar-refractivity contribution in [1.82, 2.24) is 0 Å². The molecule has 1 aliphatic heterocycles. The molecule has 0 atom stereocenters. The van der Waals surface area contributed by atoms with Crippen LogP contribution >= 0.6 is 11.8 Å². The van der Waals surface area contributed by atoms with Gasteiger partial charge in [-0.2, -0.15) is 0 Å². The molecule has 1 nitrogen and oxygen atoms in total. The number of hydrogen-bond acceptors (Lipinski definition) is 2. The number of Topliss-reactive ketones (excluding diaryl/α,β-unsaturated/α-hetero) is 1. The summed E-state index contributed by atoms with van der Waals surface area (Å²) < 4.78 is 13.1. The van der Waals surface area contributed by atoms with E-state index in [9.17, 15) is 9.18 Å². The first-order chi connectivity index (χ1) is 6.68. The van der Waals surface area contributed by atoms with Gasteiger partial charge in [-0.3, -0.25) is 4.79 Å². The summed E-state index contributed by atoms with van der Waals surface area (Å²) in [6.45, 7) is 1.85. The lowest BCUT2D eigenvalue weighted by Gasteiger charge is -2.07. The molecule has 1 aromatic rings. The highest BCUT2D eigenvalue weighted by Gasteiger charge is 2.18. The summed E-state index contributed by atoms with van der Waals surface area (Å²) in [5.74, 6) is 0.718. The molecular weight excluding hydrogens is 199 g/mol. The highest BCUT2D eigenvalue weighted by Crippen LogP contribution is 2.32. The fourth-order valence-electron chi connectivity index (χ4n) is 1.67. The van der Waals surface area contributed by atoms with E-state index in [1.807, 2.05) is 6.92 Å². The van der Waals surface area contributed by atoms with Crippen molar-refractivity contribution in [3.05, 3.63) is 29.1 Å². The SMILES string of the molecule is Cc1cc(F)cc2c1SCCCC2=O. The second-order valence-electron chi connectivity index (χ2n) is 3.47. The van der Waals surface area contributed by atoms with Crippen LogP contribution in [0.3, 0.4) is 0 Å². The van der Waals surface area contributed by atoms with Crippen LogP contribution in [0.15, 0.2) is 17.0 Å². The molecule has 0 saturated carbocycles. The molecule has 0 saturated heterocycles. The fourth-order valence-corrected chi connectivity index (χ4v) is 2.78. The Balaban J connectivity index is 2.58. The molecule has 74 valence electrons. The smallest absolute Gasteiger partial charge is 0.164 e. The largest absolute Gasteiger partial charge is 0.294 e. The van der Waals surface area contributed by atoms with Crippen molar-refractivity contribution in [3.8, 4) is 0 Å². The van der Waals surface area contributed by atoms with E-state index in [4.69, 9.17) is 0 Å². The van der Waals surface area contributed by atoms with Crippen LogP contribution in [0.4, 0.5) is 4.39 Å². The van der Waals surface area contributed by atoms with Gasteiger partial charge in [0, 0.05) is 16.9 Å². The summed E-state index contributed by atoms with van der Waals surface area (Å²) in [7, 11) is 0. The molecule has 0 unspecified atom stereocenters. The first kappa shape index (κ1) is 9.71. The number of aryl methyl sites for hydroxylation is 1. The van der Waals surface area contributed by atoms with E-state index < -0.39 is 0 Å². The Bertz CT molecular complexity index is 387. The van der Waals surface area contributed by atoms with Gasteiger partial charge in [0.05, 0.1) is 0 Å².